The van der Waals surface area contributed by atoms with Crippen LogP contribution in [0.3, 0.4) is 0 Å². The first kappa shape index (κ1) is 14.9. The van der Waals surface area contributed by atoms with Crippen molar-refractivity contribution in [2.45, 2.75) is 32.2 Å². The van der Waals surface area contributed by atoms with Crippen molar-refractivity contribution in [3.05, 3.63) is 35.4 Å². The maximum absolute atomic E-state index is 13.3. The van der Waals surface area contributed by atoms with Crippen molar-refractivity contribution < 1.29 is 13.6 Å². The van der Waals surface area contributed by atoms with Crippen molar-refractivity contribution >= 4 is 5.91 Å². The number of hydrogen-bond acceptors (Lipinski definition) is 2. The van der Waals surface area contributed by atoms with Crippen molar-refractivity contribution in [2.75, 3.05) is 19.6 Å². The SMILES string of the molecule is CCCN(C(=O)c1ccc(F)c(F)c1)C1CCNCC1. The van der Waals surface area contributed by atoms with Crippen LogP contribution in [0.5, 0.6) is 0 Å². The fourth-order valence-electron chi connectivity index (χ4n) is 2.60. The molecule has 0 radical (unpaired) electrons. The van der Waals surface area contributed by atoms with Gasteiger partial charge in [0.15, 0.2) is 11.6 Å². The number of benzene rings is 1. The van der Waals surface area contributed by atoms with Gasteiger partial charge in [0, 0.05) is 18.2 Å². The molecule has 1 heterocycles. The molecular formula is C15H20F2N2O. The third-order valence-corrected chi connectivity index (χ3v) is 3.64. The Morgan fingerprint density at radius 2 is 2.00 bits per heavy atom. The number of carbonyl (C=O) groups excluding carboxylic acids is 1. The molecule has 0 aromatic heterocycles. The normalized spacial score (nSPS) is 16.1. The summed E-state index contributed by atoms with van der Waals surface area (Å²) in [5.41, 5.74) is 0.218. The predicted molar refractivity (Wildman–Crippen MR) is 73.6 cm³/mol. The highest BCUT2D eigenvalue weighted by atomic mass is 19.2. The molecule has 0 unspecified atom stereocenters. The quantitative estimate of drug-likeness (QED) is 0.920. The van der Waals surface area contributed by atoms with Gasteiger partial charge in [-0.15, -0.1) is 0 Å². The average Bonchev–Trinajstić information content (AvgIpc) is 2.48. The number of carbonyl (C=O) groups is 1. The van der Waals surface area contributed by atoms with E-state index in [4.69, 9.17) is 0 Å². The monoisotopic (exact) mass is 282 g/mol. The molecule has 1 amide bonds. The van der Waals surface area contributed by atoms with E-state index in [1.165, 1.54) is 6.07 Å². The first-order valence-electron chi connectivity index (χ1n) is 7.10. The standard InChI is InChI=1S/C15H20F2N2O/c1-2-9-19(12-5-7-18-8-6-12)15(20)11-3-4-13(16)14(17)10-11/h3-4,10,12,18H,2,5-9H2,1H3. The van der Waals surface area contributed by atoms with E-state index in [9.17, 15) is 13.6 Å². The number of nitrogens with zero attached hydrogens (tertiary/aromatic N) is 1. The number of halogens is 2. The average molecular weight is 282 g/mol. The van der Waals surface area contributed by atoms with Crippen LogP contribution in [0.15, 0.2) is 18.2 Å². The Balaban J connectivity index is 2.18. The molecule has 0 saturated carbocycles. The number of piperidine rings is 1. The lowest BCUT2D eigenvalue weighted by atomic mass is 10.0. The summed E-state index contributed by atoms with van der Waals surface area (Å²) in [7, 11) is 0. The molecule has 1 aromatic carbocycles. The largest absolute Gasteiger partial charge is 0.336 e. The van der Waals surface area contributed by atoms with Crippen LogP contribution in [-0.4, -0.2) is 36.5 Å². The van der Waals surface area contributed by atoms with Crippen molar-refractivity contribution in [1.29, 1.82) is 0 Å². The van der Waals surface area contributed by atoms with E-state index in [0.717, 1.165) is 44.5 Å². The van der Waals surface area contributed by atoms with Gasteiger partial charge in [-0.25, -0.2) is 8.78 Å². The van der Waals surface area contributed by atoms with E-state index in [-0.39, 0.29) is 17.5 Å². The first-order valence-corrected chi connectivity index (χ1v) is 7.10. The maximum Gasteiger partial charge on any atom is 0.254 e. The van der Waals surface area contributed by atoms with E-state index < -0.39 is 11.6 Å². The van der Waals surface area contributed by atoms with Crippen LogP contribution in [-0.2, 0) is 0 Å². The van der Waals surface area contributed by atoms with Gasteiger partial charge in [0.1, 0.15) is 0 Å². The van der Waals surface area contributed by atoms with Gasteiger partial charge in [0.25, 0.3) is 5.91 Å². The minimum atomic E-state index is -0.974. The summed E-state index contributed by atoms with van der Waals surface area (Å²) in [6.07, 6.45) is 2.64. The van der Waals surface area contributed by atoms with Crippen molar-refractivity contribution in [3.63, 3.8) is 0 Å². The minimum Gasteiger partial charge on any atom is -0.336 e. The number of nitrogens with one attached hydrogen (secondary N) is 1. The van der Waals surface area contributed by atoms with Gasteiger partial charge < -0.3 is 10.2 Å². The Kier molecular flexibility index (Phi) is 5.06. The molecule has 20 heavy (non-hydrogen) atoms. The summed E-state index contributed by atoms with van der Waals surface area (Å²) in [5.74, 6) is -2.11. The Labute approximate surface area is 118 Å². The maximum atomic E-state index is 13.3. The van der Waals surface area contributed by atoms with Crippen molar-refractivity contribution in [1.82, 2.24) is 10.2 Å². The highest BCUT2D eigenvalue weighted by molar-refractivity contribution is 5.94. The molecule has 1 saturated heterocycles. The second-order valence-electron chi connectivity index (χ2n) is 5.11. The second kappa shape index (κ2) is 6.79. The van der Waals surface area contributed by atoms with Gasteiger partial charge in [-0.05, 0) is 50.6 Å². The molecule has 110 valence electrons. The van der Waals surface area contributed by atoms with Crippen LogP contribution in [0.2, 0.25) is 0 Å². The molecule has 0 spiro atoms. The number of amides is 1. The Hall–Kier alpha value is -1.49. The van der Waals surface area contributed by atoms with E-state index in [2.05, 4.69) is 5.32 Å². The molecule has 2 rings (SSSR count). The number of rotatable bonds is 4. The molecule has 5 heteroatoms. The summed E-state index contributed by atoms with van der Waals surface area (Å²) in [4.78, 5) is 14.3. The van der Waals surface area contributed by atoms with Crippen LogP contribution in [0.25, 0.3) is 0 Å². The fourth-order valence-corrected chi connectivity index (χ4v) is 2.60. The third kappa shape index (κ3) is 3.33. The molecule has 1 aliphatic heterocycles. The lowest BCUT2D eigenvalue weighted by molar-refractivity contribution is 0.0642. The lowest BCUT2D eigenvalue weighted by Gasteiger charge is -2.34. The fraction of sp³-hybridized carbons (Fsp3) is 0.533. The molecule has 1 fully saturated rings. The van der Waals surface area contributed by atoms with E-state index >= 15 is 0 Å². The minimum absolute atomic E-state index is 0.178. The van der Waals surface area contributed by atoms with Gasteiger partial charge >= 0.3 is 0 Å². The summed E-state index contributed by atoms with van der Waals surface area (Å²) in [6, 6.07) is 3.53. The Morgan fingerprint density at radius 1 is 1.30 bits per heavy atom. The molecule has 3 nitrogen and oxygen atoms in total. The third-order valence-electron chi connectivity index (χ3n) is 3.64. The number of hydrogen-bond donors (Lipinski definition) is 1. The van der Waals surface area contributed by atoms with Crippen LogP contribution in [0.4, 0.5) is 8.78 Å². The van der Waals surface area contributed by atoms with Gasteiger partial charge in [0.2, 0.25) is 0 Å². The van der Waals surface area contributed by atoms with E-state index in [1.54, 1.807) is 4.90 Å². The second-order valence-corrected chi connectivity index (χ2v) is 5.11. The van der Waals surface area contributed by atoms with Gasteiger partial charge in [-0.2, -0.15) is 0 Å². The van der Waals surface area contributed by atoms with Gasteiger partial charge in [-0.1, -0.05) is 6.92 Å². The molecule has 0 aliphatic carbocycles. The summed E-state index contributed by atoms with van der Waals surface area (Å²) in [5, 5.41) is 3.26. The summed E-state index contributed by atoms with van der Waals surface area (Å²) >= 11 is 0. The molecule has 1 aliphatic rings. The van der Waals surface area contributed by atoms with Gasteiger partial charge in [0.05, 0.1) is 0 Å². The smallest absolute Gasteiger partial charge is 0.254 e. The highest BCUT2D eigenvalue weighted by Crippen LogP contribution is 2.17. The highest BCUT2D eigenvalue weighted by Gasteiger charge is 2.25. The Bertz CT molecular complexity index is 473. The molecule has 0 atom stereocenters. The Morgan fingerprint density at radius 3 is 2.60 bits per heavy atom. The zero-order valence-electron chi connectivity index (χ0n) is 11.7. The van der Waals surface area contributed by atoms with E-state index in [0.29, 0.717) is 6.54 Å². The zero-order chi connectivity index (χ0) is 14.5. The molecule has 1 N–H and O–H groups in total. The van der Waals surface area contributed by atoms with Crippen molar-refractivity contribution in [2.24, 2.45) is 0 Å². The van der Waals surface area contributed by atoms with Crippen LogP contribution in [0, 0.1) is 11.6 Å². The zero-order valence-corrected chi connectivity index (χ0v) is 11.7. The molecule has 1 aromatic rings. The van der Waals surface area contributed by atoms with Gasteiger partial charge in [-0.3, -0.25) is 4.79 Å². The lowest BCUT2D eigenvalue weighted by Crippen LogP contribution is -2.46. The first-order chi connectivity index (χ1) is 9.63. The predicted octanol–water partition coefficient (Wildman–Crippen LogP) is 2.57. The summed E-state index contributed by atoms with van der Waals surface area (Å²) < 4.78 is 26.2. The molecular weight excluding hydrogens is 262 g/mol. The van der Waals surface area contributed by atoms with Crippen molar-refractivity contribution in [3.8, 4) is 0 Å². The van der Waals surface area contributed by atoms with Crippen LogP contribution < -0.4 is 5.32 Å². The van der Waals surface area contributed by atoms with E-state index in [1.807, 2.05) is 6.92 Å². The molecule has 0 bridgehead atoms. The van der Waals surface area contributed by atoms with Crippen LogP contribution in [0.1, 0.15) is 36.5 Å². The van der Waals surface area contributed by atoms with Crippen LogP contribution >= 0.6 is 0 Å². The summed E-state index contributed by atoms with van der Waals surface area (Å²) in [6.45, 7) is 4.42. The topological polar surface area (TPSA) is 32.3 Å².